The van der Waals surface area contributed by atoms with E-state index in [-0.39, 0.29) is 0 Å². The molecule has 0 saturated carbocycles. The maximum atomic E-state index is 13.0. The molecule has 0 fully saturated rings. The monoisotopic (exact) mass is 271 g/mol. The van der Waals surface area contributed by atoms with Gasteiger partial charge in [-0.3, -0.25) is 0 Å². The third-order valence-corrected chi connectivity index (χ3v) is 3.14. The van der Waals surface area contributed by atoms with Crippen LogP contribution in [0.5, 0.6) is 0 Å². The van der Waals surface area contributed by atoms with Gasteiger partial charge in [-0.2, -0.15) is 0 Å². The predicted octanol–water partition coefficient (Wildman–Crippen LogP) is 3.37. The van der Waals surface area contributed by atoms with Crippen LogP contribution in [-0.2, 0) is 0 Å². The second-order valence-corrected chi connectivity index (χ2v) is 5.49. The van der Waals surface area contributed by atoms with Gasteiger partial charge in [0.2, 0.25) is 0 Å². The van der Waals surface area contributed by atoms with Gasteiger partial charge in [-0.15, -0.1) is 0 Å². The zero-order valence-electron chi connectivity index (χ0n) is 11.9. The van der Waals surface area contributed by atoms with Gasteiger partial charge in [0.25, 0.3) is 0 Å². The molecule has 1 aromatic rings. The van der Waals surface area contributed by atoms with Crippen molar-refractivity contribution in [2.24, 2.45) is 5.92 Å². The molecule has 0 amide bonds. The van der Waals surface area contributed by atoms with Crippen LogP contribution in [0.25, 0.3) is 0 Å². The van der Waals surface area contributed by atoms with Crippen molar-refractivity contribution >= 4 is 0 Å². The van der Waals surface area contributed by atoms with E-state index in [0.717, 1.165) is 19.0 Å². The first-order valence-corrected chi connectivity index (χ1v) is 6.71. The third-order valence-electron chi connectivity index (χ3n) is 3.14. The van der Waals surface area contributed by atoms with Crippen LogP contribution in [-0.4, -0.2) is 30.1 Å². The maximum absolute atomic E-state index is 13.0. The number of rotatable bonds is 7. The number of nitrogens with zero attached hydrogens (tertiary/aromatic N) is 1. The van der Waals surface area contributed by atoms with Gasteiger partial charge in [-0.05, 0) is 50.0 Å². The van der Waals surface area contributed by atoms with Crippen LogP contribution in [0.15, 0.2) is 18.2 Å². The lowest BCUT2D eigenvalue weighted by Crippen LogP contribution is -2.23. The number of aliphatic hydroxyl groups excluding tert-OH is 1. The predicted molar refractivity (Wildman–Crippen MR) is 72.9 cm³/mol. The van der Waals surface area contributed by atoms with E-state index < -0.39 is 17.7 Å². The molecule has 0 spiro atoms. The standard InChI is InChI=1S/C15H23F2NO/c1-11(2)4-6-18(3)7-5-15(19)12-8-13(16)10-14(17)9-12/h8-11,15,19H,4-7H2,1-3H3. The van der Waals surface area contributed by atoms with E-state index in [0.29, 0.717) is 24.4 Å². The van der Waals surface area contributed by atoms with E-state index in [1.165, 1.54) is 12.1 Å². The Morgan fingerprint density at radius 3 is 2.11 bits per heavy atom. The van der Waals surface area contributed by atoms with E-state index in [1.807, 2.05) is 7.05 Å². The van der Waals surface area contributed by atoms with Gasteiger partial charge in [0.1, 0.15) is 11.6 Å². The molecule has 4 heteroatoms. The van der Waals surface area contributed by atoms with Crippen molar-refractivity contribution in [3.8, 4) is 0 Å². The molecule has 0 aliphatic carbocycles. The second kappa shape index (κ2) is 7.56. The van der Waals surface area contributed by atoms with Gasteiger partial charge < -0.3 is 10.0 Å². The second-order valence-electron chi connectivity index (χ2n) is 5.49. The van der Waals surface area contributed by atoms with Crippen LogP contribution in [0.4, 0.5) is 8.78 Å². The van der Waals surface area contributed by atoms with Crippen LogP contribution in [0.2, 0.25) is 0 Å². The number of benzene rings is 1. The Kier molecular flexibility index (Phi) is 6.38. The molecule has 19 heavy (non-hydrogen) atoms. The molecule has 0 bridgehead atoms. The fraction of sp³-hybridized carbons (Fsp3) is 0.600. The van der Waals surface area contributed by atoms with Crippen molar-refractivity contribution in [3.05, 3.63) is 35.4 Å². The number of hydrogen-bond acceptors (Lipinski definition) is 2. The molecule has 0 aliphatic rings. The van der Waals surface area contributed by atoms with Crippen LogP contribution < -0.4 is 0 Å². The minimum atomic E-state index is -0.827. The van der Waals surface area contributed by atoms with Crippen molar-refractivity contribution in [2.45, 2.75) is 32.8 Å². The molecule has 1 unspecified atom stereocenters. The van der Waals surface area contributed by atoms with Crippen molar-refractivity contribution in [2.75, 3.05) is 20.1 Å². The summed E-state index contributed by atoms with van der Waals surface area (Å²) in [5.74, 6) is -0.658. The van der Waals surface area contributed by atoms with Crippen LogP contribution in [0.3, 0.4) is 0 Å². The van der Waals surface area contributed by atoms with Gasteiger partial charge in [0, 0.05) is 12.6 Å². The number of aliphatic hydroxyl groups is 1. The fourth-order valence-electron chi connectivity index (χ4n) is 1.87. The molecule has 0 aliphatic heterocycles. The number of hydrogen-bond donors (Lipinski definition) is 1. The Hall–Kier alpha value is -1.00. The molecule has 1 aromatic carbocycles. The van der Waals surface area contributed by atoms with Gasteiger partial charge in [0.05, 0.1) is 6.10 Å². The zero-order valence-corrected chi connectivity index (χ0v) is 11.9. The summed E-state index contributed by atoms with van der Waals surface area (Å²) < 4.78 is 26.1. The van der Waals surface area contributed by atoms with Crippen molar-refractivity contribution in [1.82, 2.24) is 4.90 Å². The highest BCUT2D eigenvalue weighted by Gasteiger charge is 2.11. The Balaban J connectivity index is 2.44. The van der Waals surface area contributed by atoms with Crippen LogP contribution in [0.1, 0.15) is 38.4 Å². The lowest BCUT2D eigenvalue weighted by atomic mass is 10.1. The molecule has 108 valence electrons. The van der Waals surface area contributed by atoms with E-state index in [2.05, 4.69) is 18.7 Å². The quantitative estimate of drug-likeness (QED) is 0.822. The summed E-state index contributed by atoms with van der Waals surface area (Å²) in [4.78, 5) is 2.12. The summed E-state index contributed by atoms with van der Waals surface area (Å²) in [6, 6.07) is 3.18. The van der Waals surface area contributed by atoms with Crippen molar-refractivity contribution in [1.29, 1.82) is 0 Å². The van der Waals surface area contributed by atoms with Crippen molar-refractivity contribution < 1.29 is 13.9 Å². The molecule has 1 N–H and O–H groups in total. The minimum absolute atomic E-state index is 0.301. The smallest absolute Gasteiger partial charge is 0.126 e. The van der Waals surface area contributed by atoms with Crippen LogP contribution in [0, 0.1) is 17.6 Å². The average molecular weight is 271 g/mol. The Morgan fingerprint density at radius 1 is 1.05 bits per heavy atom. The highest BCUT2D eigenvalue weighted by Crippen LogP contribution is 2.19. The van der Waals surface area contributed by atoms with Crippen LogP contribution >= 0.6 is 0 Å². The molecule has 1 rings (SSSR count). The summed E-state index contributed by atoms with van der Waals surface area (Å²) >= 11 is 0. The minimum Gasteiger partial charge on any atom is -0.388 e. The van der Waals surface area contributed by atoms with Gasteiger partial charge >= 0.3 is 0 Å². The molecule has 1 atom stereocenters. The molecular formula is C15H23F2NO. The van der Waals surface area contributed by atoms with Crippen molar-refractivity contribution in [3.63, 3.8) is 0 Å². The molecule has 0 aromatic heterocycles. The Morgan fingerprint density at radius 2 is 1.58 bits per heavy atom. The molecule has 0 radical (unpaired) electrons. The molecule has 0 saturated heterocycles. The summed E-state index contributed by atoms with van der Waals surface area (Å²) in [6.45, 7) is 5.99. The first-order valence-electron chi connectivity index (χ1n) is 6.71. The summed E-state index contributed by atoms with van der Waals surface area (Å²) in [7, 11) is 1.99. The summed E-state index contributed by atoms with van der Waals surface area (Å²) in [5.41, 5.74) is 0.301. The highest BCUT2D eigenvalue weighted by molar-refractivity contribution is 5.20. The first kappa shape index (κ1) is 16.1. The SMILES string of the molecule is CC(C)CCN(C)CCC(O)c1cc(F)cc(F)c1. The fourth-order valence-corrected chi connectivity index (χ4v) is 1.87. The van der Waals surface area contributed by atoms with E-state index in [9.17, 15) is 13.9 Å². The number of halogens is 2. The van der Waals surface area contributed by atoms with Gasteiger partial charge in [-0.1, -0.05) is 13.8 Å². The summed E-state index contributed by atoms with van der Waals surface area (Å²) in [6.07, 6.45) is 0.741. The van der Waals surface area contributed by atoms with E-state index in [4.69, 9.17) is 0 Å². The maximum Gasteiger partial charge on any atom is 0.126 e. The van der Waals surface area contributed by atoms with Gasteiger partial charge in [0.15, 0.2) is 0 Å². The normalized spacial score (nSPS) is 13.3. The summed E-state index contributed by atoms with van der Waals surface area (Å²) in [5, 5.41) is 9.94. The lowest BCUT2D eigenvalue weighted by molar-refractivity contribution is 0.147. The molecule has 2 nitrogen and oxygen atoms in total. The average Bonchev–Trinajstić information content (AvgIpc) is 2.32. The zero-order chi connectivity index (χ0) is 14.4. The Labute approximate surface area is 114 Å². The molecular weight excluding hydrogens is 248 g/mol. The molecule has 0 heterocycles. The van der Waals surface area contributed by atoms with Gasteiger partial charge in [-0.25, -0.2) is 8.78 Å². The van der Waals surface area contributed by atoms with E-state index >= 15 is 0 Å². The Bertz CT molecular complexity index is 375. The lowest BCUT2D eigenvalue weighted by Gasteiger charge is -2.20. The highest BCUT2D eigenvalue weighted by atomic mass is 19.1. The topological polar surface area (TPSA) is 23.5 Å². The first-order chi connectivity index (χ1) is 8.88. The third kappa shape index (κ3) is 6.12. The van der Waals surface area contributed by atoms with E-state index in [1.54, 1.807) is 0 Å². The largest absolute Gasteiger partial charge is 0.388 e.